The molecule has 2 aromatic rings. The summed E-state index contributed by atoms with van der Waals surface area (Å²) in [6.45, 7) is 3.08. The van der Waals surface area contributed by atoms with Gasteiger partial charge in [0.2, 0.25) is 0 Å². The van der Waals surface area contributed by atoms with E-state index in [0.717, 1.165) is 0 Å². The minimum absolute atomic E-state index is 0.0629. The van der Waals surface area contributed by atoms with Crippen LogP contribution in [-0.2, 0) is 6.61 Å². The minimum Gasteiger partial charge on any atom is -0.486 e. The van der Waals surface area contributed by atoms with Gasteiger partial charge in [0.1, 0.15) is 23.7 Å². The van der Waals surface area contributed by atoms with Crippen LogP contribution in [0.1, 0.15) is 28.7 Å². The summed E-state index contributed by atoms with van der Waals surface area (Å²) >= 11 is 0. The maximum atomic E-state index is 11.5. The molecule has 1 aromatic carbocycles. The number of nitrogens with zero attached hydrogens (tertiary/aromatic N) is 3. The smallest absolute Gasteiger partial charge is 0.270 e. The van der Waals surface area contributed by atoms with E-state index in [2.05, 4.69) is 14.9 Å². The number of non-ortho nitro benzene ring substituents is 1. The van der Waals surface area contributed by atoms with Gasteiger partial charge in [-0.05, 0) is 19.9 Å². The second-order valence-electron chi connectivity index (χ2n) is 4.08. The van der Waals surface area contributed by atoms with Crippen LogP contribution >= 0.6 is 0 Å². The standard InChI is InChI=1S/C12H11N3O5/c1-7-11(14-20-13-7)6-19-12-4-3-9(15(17)18)5-10(12)8(2)16/h3-5H,6H2,1-2H3. The Labute approximate surface area is 113 Å². The topological polar surface area (TPSA) is 108 Å². The van der Waals surface area contributed by atoms with Crippen molar-refractivity contribution in [3.63, 3.8) is 0 Å². The summed E-state index contributed by atoms with van der Waals surface area (Å²) in [4.78, 5) is 21.7. The highest BCUT2D eigenvalue weighted by Crippen LogP contribution is 2.25. The summed E-state index contributed by atoms with van der Waals surface area (Å²) < 4.78 is 9.98. The fourth-order valence-electron chi connectivity index (χ4n) is 1.56. The van der Waals surface area contributed by atoms with E-state index in [1.165, 1.54) is 25.1 Å². The molecule has 8 heteroatoms. The molecule has 0 atom stereocenters. The molecule has 1 aromatic heterocycles. The molecule has 0 aliphatic heterocycles. The Hall–Kier alpha value is -2.77. The predicted molar refractivity (Wildman–Crippen MR) is 66.5 cm³/mol. The lowest BCUT2D eigenvalue weighted by Gasteiger charge is -2.08. The van der Waals surface area contributed by atoms with Crippen molar-refractivity contribution in [3.8, 4) is 5.75 Å². The van der Waals surface area contributed by atoms with Gasteiger partial charge in [-0.2, -0.15) is 0 Å². The summed E-state index contributed by atoms with van der Waals surface area (Å²) in [6.07, 6.45) is 0. The molecule has 104 valence electrons. The zero-order valence-corrected chi connectivity index (χ0v) is 10.8. The quantitative estimate of drug-likeness (QED) is 0.467. The first-order valence-corrected chi connectivity index (χ1v) is 5.69. The van der Waals surface area contributed by atoms with E-state index >= 15 is 0 Å². The SMILES string of the molecule is CC(=O)c1cc([N+](=O)[O-])ccc1OCc1nonc1C. The molecule has 8 nitrogen and oxygen atoms in total. The molecule has 0 unspecified atom stereocenters. The summed E-state index contributed by atoms with van der Waals surface area (Å²) in [7, 11) is 0. The van der Waals surface area contributed by atoms with E-state index in [4.69, 9.17) is 4.74 Å². The van der Waals surface area contributed by atoms with Crippen molar-refractivity contribution in [2.75, 3.05) is 0 Å². The third-order valence-electron chi connectivity index (χ3n) is 2.66. The highest BCUT2D eigenvalue weighted by molar-refractivity contribution is 5.97. The van der Waals surface area contributed by atoms with Gasteiger partial charge in [-0.3, -0.25) is 14.9 Å². The van der Waals surface area contributed by atoms with Crippen LogP contribution in [0.25, 0.3) is 0 Å². The molecule has 0 fully saturated rings. The van der Waals surface area contributed by atoms with Crippen LogP contribution in [0.5, 0.6) is 5.75 Å². The molecule has 20 heavy (non-hydrogen) atoms. The van der Waals surface area contributed by atoms with Gasteiger partial charge in [0.15, 0.2) is 5.78 Å². The normalized spacial score (nSPS) is 10.3. The largest absolute Gasteiger partial charge is 0.486 e. The van der Waals surface area contributed by atoms with Gasteiger partial charge in [0, 0.05) is 12.1 Å². The average Bonchev–Trinajstić information content (AvgIpc) is 2.81. The Balaban J connectivity index is 2.25. The van der Waals surface area contributed by atoms with Gasteiger partial charge in [0.05, 0.1) is 10.5 Å². The number of aryl methyl sites for hydroxylation is 1. The van der Waals surface area contributed by atoms with Gasteiger partial charge in [-0.15, -0.1) is 0 Å². The second kappa shape index (κ2) is 5.47. The van der Waals surface area contributed by atoms with Gasteiger partial charge in [-0.25, -0.2) is 4.63 Å². The summed E-state index contributed by atoms with van der Waals surface area (Å²) in [5, 5.41) is 17.9. The maximum absolute atomic E-state index is 11.5. The number of Topliss-reactive ketones (excluding diaryl/α,β-unsaturated/α-hetero) is 1. The van der Waals surface area contributed by atoms with Crippen molar-refractivity contribution in [1.29, 1.82) is 0 Å². The first-order chi connectivity index (χ1) is 9.49. The molecule has 0 spiro atoms. The molecular formula is C12H11N3O5. The third kappa shape index (κ3) is 2.79. The number of ether oxygens (including phenoxy) is 1. The lowest BCUT2D eigenvalue weighted by atomic mass is 10.1. The van der Waals surface area contributed by atoms with Crippen LogP contribution in [0.2, 0.25) is 0 Å². The zero-order chi connectivity index (χ0) is 14.7. The van der Waals surface area contributed by atoms with Crippen LogP contribution in [0.15, 0.2) is 22.8 Å². The number of ketones is 1. The van der Waals surface area contributed by atoms with Crippen molar-refractivity contribution in [3.05, 3.63) is 45.3 Å². The highest BCUT2D eigenvalue weighted by atomic mass is 16.6. The number of hydrogen-bond acceptors (Lipinski definition) is 7. The van der Waals surface area contributed by atoms with Crippen molar-refractivity contribution in [1.82, 2.24) is 10.3 Å². The number of nitro groups is 1. The Morgan fingerprint density at radius 3 is 2.75 bits per heavy atom. The molecule has 0 saturated carbocycles. The number of rotatable bonds is 5. The van der Waals surface area contributed by atoms with E-state index in [1.54, 1.807) is 6.92 Å². The predicted octanol–water partition coefficient (Wildman–Crippen LogP) is 2.07. The molecule has 0 aliphatic rings. The minimum atomic E-state index is -0.568. The zero-order valence-electron chi connectivity index (χ0n) is 10.8. The lowest BCUT2D eigenvalue weighted by Crippen LogP contribution is -2.03. The van der Waals surface area contributed by atoms with E-state index in [9.17, 15) is 14.9 Å². The molecule has 0 aliphatic carbocycles. The fraction of sp³-hybridized carbons (Fsp3) is 0.250. The molecule has 0 N–H and O–H groups in total. The Kier molecular flexibility index (Phi) is 3.74. The number of carbonyl (C=O) groups is 1. The fourth-order valence-corrected chi connectivity index (χ4v) is 1.56. The van der Waals surface area contributed by atoms with Crippen molar-refractivity contribution in [2.45, 2.75) is 20.5 Å². The number of carbonyl (C=O) groups excluding carboxylic acids is 1. The Morgan fingerprint density at radius 1 is 1.45 bits per heavy atom. The van der Waals surface area contributed by atoms with Crippen LogP contribution in [0, 0.1) is 17.0 Å². The second-order valence-corrected chi connectivity index (χ2v) is 4.08. The molecule has 0 saturated heterocycles. The van der Waals surface area contributed by atoms with Gasteiger partial charge in [-0.1, -0.05) is 10.3 Å². The van der Waals surface area contributed by atoms with E-state index in [0.29, 0.717) is 11.4 Å². The number of benzene rings is 1. The monoisotopic (exact) mass is 277 g/mol. The van der Waals surface area contributed by atoms with Crippen LogP contribution in [0.3, 0.4) is 0 Å². The first-order valence-electron chi connectivity index (χ1n) is 5.69. The molecule has 1 heterocycles. The molecule has 0 amide bonds. The maximum Gasteiger partial charge on any atom is 0.270 e. The van der Waals surface area contributed by atoms with Crippen LogP contribution in [0.4, 0.5) is 5.69 Å². The van der Waals surface area contributed by atoms with E-state index in [1.807, 2.05) is 0 Å². The number of nitro benzene ring substituents is 1. The van der Waals surface area contributed by atoms with E-state index in [-0.39, 0.29) is 29.4 Å². The summed E-state index contributed by atoms with van der Waals surface area (Å²) in [6, 6.07) is 3.85. The molecule has 2 rings (SSSR count). The number of hydrogen-bond donors (Lipinski definition) is 0. The summed E-state index contributed by atoms with van der Waals surface area (Å²) in [5.41, 5.74) is 1.06. The summed E-state index contributed by atoms with van der Waals surface area (Å²) in [5.74, 6) is -0.0656. The Morgan fingerprint density at radius 2 is 2.20 bits per heavy atom. The molecule has 0 radical (unpaired) electrons. The molecular weight excluding hydrogens is 266 g/mol. The average molecular weight is 277 g/mol. The Bertz CT molecular complexity index is 665. The van der Waals surface area contributed by atoms with Gasteiger partial charge in [0.25, 0.3) is 5.69 Å². The third-order valence-corrected chi connectivity index (χ3v) is 2.66. The van der Waals surface area contributed by atoms with Crippen molar-refractivity contribution in [2.24, 2.45) is 0 Å². The first kappa shape index (κ1) is 13.7. The van der Waals surface area contributed by atoms with Gasteiger partial charge < -0.3 is 4.74 Å². The van der Waals surface area contributed by atoms with Crippen LogP contribution in [-0.4, -0.2) is 21.0 Å². The van der Waals surface area contributed by atoms with E-state index < -0.39 is 4.92 Å². The van der Waals surface area contributed by atoms with Crippen molar-refractivity contribution < 1.29 is 19.1 Å². The van der Waals surface area contributed by atoms with Gasteiger partial charge >= 0.3 is 0 Å². The van der Waals surface area contributed by atoms with Crippen LogP contribution < -0.4 is 4.74 Å². The van der Waals surface area contributed by atoms with Crippen molar-refractivity contribution >= 4 is 11.5 Å². The highest BCUT2D eigenvalue weighted by Gasteiger charge is 2.16. The molecule has 0 bridgehead atoms. The number of aromatic nitrogens is 2. The lowest BCUT2D eigenvalue weighted by molar-refractivity contribution is -0.384.